The van der Waals surface area contributed by atoms with Crippen LogP contribution in [0.25, 0.3) is 0 Å². The van der Waals surface area contributed by atoms with Gasteiger partial charge < -0.3 is 14.5 Å². The number of benzene rings is 2. The highest BCUT2D eigenvalue weighted by Gasteiger charge is 2.38. The van der Waals surface area contributed by atoms with Gasteiger partial charge in [-0.05, 0) is 100 Å². The van der Waals surface area contributed by atoms with Crippen LogP contribution in [0, 0.1) is 5.92 Å². The molecule has 1 saturated heterocycles. The van der Waals surface area contributed by atoms with Gasteiger partial charge in [-0.2, -0.15) is 0 Å². The second kappa shape index (κ2) is 12.8. The number of amides is 1. The molecular formula is C32H46N2O2. The lowest BCUT2D eigenvalue weighted by Gasteiger charge is -2.43. The van der Waals surface area contributed by atoms with Crippen LogP contribution in [0.5, 0.6) is 5.75 Å². The summed E-state index contributed by atoms with van der Waals surface area (Å²) in [7, 11) is 1.74. The van der Waals surface area contributed by atoms with Crippen LogP contribution in [-0.2, 0) is 5.41 Å². The first-order valence-corrected chi connectivity index (χ1v) is 14.4. The third-order valence-electron chi connectivity index (χ3n) is 8.88. The molecule has 4 rings (SSSR count). The smallest absolute Gasteiger partial charge is 0.253 e. The Bertz CT molecular complexity index is 952. The number of carbonyl (C=O) groups is 1. The van der Waals surface area contributed by atoms with Gasteiger partial charge in [-0.15, -0.1) is 0 Å². The highest BCUT2D eigenvalue weighted by molar-refractivity contribution is 5.94. The van der Waals surface area contributed by atoms with Gasteiger partial charge in [0.15, 0.2) is 0 Å². The quantitative estimate of drug-likeness (QED) is 0.362. The molecule has 0 aromatic heterocycles. The van der Waals surface area contributed by atoms with Gasteiger partial charge >= 0.3 is 0 Å². The zero-order valence-electron chi connectivity index (χ0n) is 22.8. The molecule has 0 unspecified atom stereocenters. The van der Waals surface area contributed by atoms with E-state index < -0.39 is 0 Å². The maximum absolute atomic E-state index is 12.9. The van der Waals surface area contributed by atoms with E-state index in [1.54, 1.807) is 7.11 Å². The van der Waals surface area contributed by atoms with Gasteiger partial charge in [0.25, 0.3) is 5.91 Å². The number of methoxy groups -OCH3 is 1. The lowest BCUT2D eigenvalue weighted by molar-refractivity contribution is 0.0773. The van der Waals surface area contributed by atoms with Crippen molar-refractivity contribution in [3.05, 3.63) is 65.2 Å². The molecule has 2 aliphatic rings. The summed E-state index contributed by atoms with van der Waals surface area (Å²) in [5, 5.41) is 0. The number of nitrogens with zero attached hydrogens (tertiary/aromatic N) is 2. The van der Waals surface area contributed by atoms with Crippen LogP contribution < -0.4 is 4.74 Å². The summed E-state index contributed by atoms with van der Waals surface area (Å²) < 4.78 is 5.60. The minimum atomic E-state index is -0.0504. The van der Waals surface area contributed by atoms with E-state index in [4.69, 9.17) is 4.74 Å². The van der Waals surface area contributed by atoms with E-state index in [2.05, 4.69) is 35.2 Å². The Morgan fingerprint density at radius 2 is 1.67 bits per heavy atom. The molecule has 0 bridgehead atoms. The summed E-state index contributed by atoms with van der Waals surface area (Å²) in [5.41, 5.74) is 3.37. The second-order valence-electron chi connectivity index (χ2n) is 10.9. The maximum atomic E-state index is 12.9. The summed E-state index contributed by atoms with van der Waals surface area (Å²) in [5.74, 6) is 2.00. The summed E-state index contributed by atoms with van der Waals surface area (Å²) in [6.45, 7) is 9.00. The van der Waals surface area contributed by atoms with Crippen LogP contribution in [0.3, 0.4) is 0 Å². The van der Waals surface area contributed by atoms with E-state index in [0.717, 1.165) is 56.3 Å². The number of ether oxygens (including phenoxy) is 1. The molecule has 2 aromatic rings. The number of likely N-dealkylation sites (tertiary alicyclic amines) is 1. The van der Waals surface area contributed by atoms with Crippen molar-refractivity contribution in [1.82, 2.24) is 9.80 Å². The second-order valence-corrected chi connectivity index (χ2v) is 10.9. The average Bonchev–Trinajstić information content (AvgIpc) is 2.95. The molecule has 4 heteroatoms. The first-order valence-electron chi connectivity index (χ1n) is 14.4. The number of hydrogen-bond donors (Lipinski definition) is 0. The highest BCUT2D eigenvalue weighted by atomic mass is 16.5. The van der Waals surface area contributed by atoms with Gasteiger partial charge in [0.05, 0.1) is 7.11 Å². The van der Waals surface area contributed by atoms with Crippen LogP contribution in [0.2, 0.25) is 0 Å². The van der Waals surface area contributed by atoms with Gasteiger partial charge in [0, 0.05) is 24.1 Å². The van der Waals surface area contributed by atoms with Crippen molar-refractivity contribution < 1.29 is 9.53 Å². The van der Waals surface area contributed by atoms with Crippen molar-refractivity contribution in [1.29, 1.82) is 0 Å². The normalized spacial score (nSPS) is 18.6. The molecule has 1 aliphatic carbocycles. The van der Waals surface area contributed by atoms with Crippen LogP contribution in [-0.4, -0.2) is 55.5 Å². The molecule has 0 N–H and O–H groups in total. The lowest BCUT2D eigenvalue weighted by Crippen LogP contribution is -2.43. The van der Waals surface area contributed by atoms with Crippen LogP contribution >= 0.6 is 0 Å². The Morgan fingerprint density at radius 3 is 2.31 bits per heavy atom. The fraction of sp³-hybridized carbons (Fsp3) is 0.594. The number of piperidine rings is 1. The predicted octanol–water partition coefficient (Wildman–Crippen LogP) is 6.92. The fourth-order valence-electron chi connectivity index (χ4n) is 6.53. The highest BCUT2D eigenvalue weighted by Crippen LogP contribution is 2.43. The van der Waals surface area contributed by atoms with Gasteiger partial charge in [-0.3, -0.25) is 4.79 Å². The van der Waals surface area contributed by atoms with E-state index >= 15 is 0 Å². The number of carbonyl (C=O) groups excluding carboxylic acids is 1. The van der Waals surface area contributed by atoms with Crippen LogP contribution in [0.15, 0.2) is 48.5 Å². The topological polar surface area (TPSA) is 32.8 Å². The van der Waals surface area contributed by atoms with E-state index in [1.165, 1.54) is 62.6 Å². The van der Waals surface area contributed by atoms with E-state index in [0.29, 0.717) is 0 Å². The molecule has 1 aliphatic heterocycles. The molecule has 196 valence electrons. The monoisotopic (exact) mass is 490 g/mol. The molecule has 1 heterocycles. The van der Waals surface area contributed by atoms with Gasteiger partial charge in [0.1, 0.15) is 5.75 Å². The molecule has 0 spiro atoms. The number of rotatable bonds is 10. The van der Waals surface area contributed by atoms with Gasteiger partial charge in [0.2, 0.25) is 0 Å². The SMILES string of the molecule is CCN(CC)C(=O)c1ccc(C2(c3cccc(OC)c3)CCN(CCCC3CCCCC3)CC2)cc1. The zero-order valence-corrected chi connectivity index (χ0v) is 22.8. The first kappa shape index (κ1) is 26.7. The Hall–Kier alpha value is -2.33. The molecule has 2 fully saturated rings. The molecule has 1 saturated carbocycles. The molecular weight excluding hydrogens is 444 g/mol. The largest absolute Gasteiger partial charge is 0.497 e. The van der Waals surface area contributed by atoms with Gasteiger partial charge in [-0.1, -0.05) is 56.4 Å². The summed E-state index contributed by atoms with van der Waals surface area (Å²) in [4.78, 5) is 17.5. The van der Waals surface area contributed by atoms with Crippen molar-refractivity contribution in [3.63, 3.8) is 0 Å². The molecule has 4 nitrogen and oxygen atoms in total. The summed E-state index contributed by atoms with van der Waals surface area (Å²) >= 11 is 0. The zero-order chi connectivity index (χ0) is 25.4. The predicted molar refractivity (Wildman–Crippen MR) is 149 cm³/mol. The standard InChI is InChI=1S/C32H46N2O2/c1-4-34(5-2)31(35)27-16-18-28(19-17-27)32(29-14-9-15-30(25-29)36-3)20-23-33(24-21-32)22-10-13-26-11-7-6-8-12-26/h9,14-19,25-26H,4-8,10-13,20-24H2,1-3H3. The Morgan fingerprint density at radius 1 is 0.972 bits per heavy atom. The third kappa shape index (κ3) is 6.14. The Balaban J connectivity index is 1.49. The fourth-order valence-corrected chi connectivity index (χ4v) is 6.53. The van der Waals surface area contributed by atoms with E-state index in [9.17, 15) is 4.79 Å². The molecule has 1 amide bonds. The summed E-state index contributed by atoms with van der Waals surface area (Å²) in [6.07, 6.45) is 12.1. The average molecular weight is 491 g/mol. The van der Waals surface area contributed by atoms with Crippen LogP contribution in [0.1, 0.15) is 93.1 Å². The molecule has 36 heavy (non-hydrogen) atoms. The Labute approximate surface area is 219 Å². The van der Waals surface area contributed by atoms with Crippen molar-refractivity contribution in [2.75, 3.05) is 39.8 Å². The first-order chi connectivity index (χ1) is 17.6. The van der Waals surface area contributed by atoms with E-state index in [1.807, 2.05) is 36.9 Å². The van der Waals surface area contributed by atoms with Crippen LogP contribution in [0.4, 0.5) is 0 Å². The van der Waals surface area contributed by atoms with Crippen molar-refractivity contribution >= 4 is 5.91 Å². The van der Waals surface area contributed by atoms with E-state index in [-0.39, 0.29) is 11.3 Å². The van der Waals surface area contributed by atoms with Crippen molar-refractivity contribution in [3.8, 4) is 5.75 Å². The number of hydrogen-bond acceptors (Lipinski definition) is 3. The summed E-state index contributed by atoms with van der Waals surface area (Å²) in [6, 6.07) is 17.1. The molecule has 0 radical (unpaired) electrons. The minimum absolute atomic E-state index is 0.0504. The van der Waals surface area contributed by atoms with Crippen molar-refractivity contribution in [2.24, 2.45) is 5.92 Å². The Kier molecular flexibility index (Phi) is 9.47. The lowest BCUT2D eigenvalue weighted by atomic mass is 9.68. The molecule has 0 atom stereocenters. The minimum Gasteiger partial charge on any atom is -0.497 e. The van der Waals surface area contributed by atoms with Crippen molar-refractivity contribution in [2.45, 2.75) is 77.0 Å². The van der Waals surface area contributed by atoms with Gasteiger partial charge in [-0.25, -0.2) is 0 Å². The maximum Gasteiger partial charge on any atom is 0.253 e. The molecule has 2 aromatic carbocycles. The third-order valence-corrected chi connectivity index (χ3v) is 8.88.